The van der Waals surface area contributed by atoms with Crippen LogP contribution in [0.2, 0.25) is 0 Å². The Kier molecular flexibility index (Phi) is 6.40. The van der Waals surface area contributed by atoms with E-state index in [2.05, 4.69) is 5.32 Å². The molecule has 5 nitrogen and oxygen atoms in total. The zero-order valence-corrected chi connectivity index (χ0v) is 11.6. The maximum atomic E-state index is 12.0. The van der Waals surface area contributed by atoms with Gasteiger partial charge in [0.1, 0.15) is 0 Å². The Morgan fingerprint density at radius 2 is 2.06 bits per heavy atom. The van der Waals surface area contributed by atoms with Gasteiger partial charge in [-0.1, -0.05) is 6.92 Å². The molecule has 0 bridgehead atoms. The number of hydrogen-bond acceptors (Lipinski definition) is 4. The molecular weight excluding hydrogens is 240 g/mol. The van der Waals surface area contributed by atoms with Crippen molar-refractivity contribution in [2.75, 3.05) is 38.6 Å². The van der Waals surface area contributed by atoms with Crippen molar-refractivity contribution in [2.24, 2.45) is 0 Å². The first-order valence-corrected chi connectivity index (χ1v) is 8.00. The molecule has 0 aromatic rings. The van der Waals surface area contributed by atoms with Crippen LogP contribution in [0.4, 0.5) is 0 Å². The summed E-state index contributed by atoms with van der Waals surface area (Å²) in [5.41, 5.74) is 0. The first-order chi connectivity index (χ1) is 8.10. The molecule has 0 spiro atoms. The van der Waals surface area contributed by atoms with Gasteiger partial charge in [0.05, 0.1) is 12.4 Å². The summed E-state index contributed by atoms with van der Waals surface area (Å²) >= 11 is 0. The highest BCUT2D eigenvalue weighted by molar-refractivity contribution is 7.89. The van der Waals surface area contributed by atoms with E-state index < -0.39 is 10.0 Å². The lowest BCUT2D eigenvalue weighted by atomic mass is 10.6. The minimum Gasteiger partial charge on any atom is -0.380 e. The molecule has 102 valence electrons. The Morgan fingerprint density at radius 1 is 1.35 bits per heavy atom. The zero-order valence-electron chi connectivity index (χ0n) is 10.8. The highest BCUT2D eigenvalue weighted by Crippen LogP contribution is 2.18. The summed E-state index contributed by atoms with van der Waals surface area (Å²) in [6, 6.07) is 0.559. The minimum absolute atomic E-state index is 0.184. The summed E-state index contributed by atoms with van der Waals surface area (Å²) in [6.45, 7) is 6.38. The number of nitrogens with zero attached hydrogens (tertiary/aromatic N) is 1. The standard InChI is InChI=1S/C11H24N2O3S/c1-3-13(8-9-16-4-2)17(14,15)10-7-12-11-5-6-11/h11-12H,3-10H2,1-2H3. The second-order valence-electron chi connectivity index (χ2n) is 4.23. The lowest BCUT2D eigenvalue weighted by Crippen LogP contribution is -2.38. The molecule has 0 aromatic carbocycles. The van der Waals surface area contributed by atoms with E-state index in [-0.39, 0.29) is 5.75 Å². The van der Waals surface area contributed by atoms with Gasteiger partial charge in [-0.2, -0.15) is 4.31 Å². The van der Waals surface area contributed by atoms with Crippen molar-refractivity contribution >= 4 is 10.0 Å². The molecule has 0 aromatic heterocycles. The van der Waals surface area contributed by atoms with Crippen LogP contribution in [0.15, 0.2) is 0 Å². The van der Waals surface area contributed by atoms with E-state index in [0.717, 1.165) is 0 Å². The van der Waals surface area contributed by atoms with Crippen LogP contribution in [0.25, 0.3) is 0 Å². The average molecular weight is 264 g/mol. The van der Waals surface area contributed by atoms with E-state index in [0.29, 0.717) is 38.9 Å². The van der Waals surface area contributed by atoms with E-state index in [1.165, 1.54) is 17.1 Å². The van der Waals surface area contributed by atoms with Crippen molar-refractivity contribution in [1.29, 1.82) is 0 Å². The lowest BCUT2D eigenvalue weighted by Gasteiger charge is -2.20. The Morgan fingerprint density at radius 3 is 2.59 bits per heavy atom. The normalized spacial score (nSPS) is 16.6. The van der Waals surface area contributed by atoms with Gasteiger partial charge in [-0.15, -0.1) is 0 Å². The molecule has 0 aliphatic heterocycles. The Hall–Kier alpha value is -0.170. The SMILES string of the molecule is CCOCCN(CC)S(=O)(=O)CCNC1CC1. The summed E-state index contributed by atoms with van der Waals surface area (Å²) in [5.74, 6) is 0.184. The predicted molar refractivity (Wildman–Crippen MR) is 68.6 cm³/mol. The van der Waals surface area contributed by atoms with Gasteiger partial charge in [0.2, 0.25) is 10.0 Å². The van der Waals surface area contributed by atoms with E-state index in [1.807, 2.05) is 13.8 Å². The molecule has 17 heavy (non-hydrogen) atoms. The van der Waals surface area contributed by atoms with Gasteiger partial charge in [0.25, 0.3) is 0 Å². The van der Waals surface area contributed by atoms with Gasteiger partial charge in [-0.25, -0.2) is 8.42 Å². The predicted octanol–water partition coefficient (Wildman–Crippen LogP) is 0.427. The van der Waals surface area contributed by atoms with Crippen molar-refractivity contribution in [1.82, 2.24) is 9.62 Å². The summed E-state index contributed by atoms with van der Waals surface area (Å²) in [6.07, 6.45) is 2.36. The molecule has 1 fully saturated rings. The van der Waals surface area contributed by atoms with E-state index in [4.69, 9.17) is 4.74 Å². The largest absolute Gasteiger partial charge is 0.380 e. The number of sulfonamides is 1. The summed E-state index contributed by atoms with van der Waals surface area (Å²) in [4.78, 5) is 0. The van der Waals surface area contributed by atoms with Crippen molar-refractivity contribution < 1.29 is 13.2 Å². The van der Waals surface area contributed by atoms with E-state index in [1.54, 1.807) is 0 Å². The van der Waals surface area contributed by atoms with Crippen molar-refractivity contribution in [3.05, 3.63) is 0 Å². The van der Waals surface area contributed by atoms with Crippen LogP contribution in [0.1, 0.15) is 26.7 Å². The maximum absolute atomic E-state index is 12.0. The molecule has 0 unspecified atom stereocenters. The molecule has 0 radical (unpaired) electrons. The fraction of sp³-hybridized carbons (Fsp3) is 1.00. The number of likely N-dealkylation sites (N-methyl/N-ethyl adjacent to an activating group) is 1. The summed E-state index contributed by atoms with van der Waals surface area (Å²) in [5, 5.41) is 3.22. The Bertz CT molecular complexity index is 302. The number of hydrogen-bond donors (Lipinski definition) is 1. The van der Waals surface area contributed by atoms with Gasteiger partial charge in [0.15, 0.2) is 0 Å². The van der Waals surface area contributed by atoms with Crippen LogP contribution in [-0.2, 0) is 14.8 Å². The fourth-order valence-corrected chi connectivity index (χ4v) is 2.99. The van der Waals surface area contributed by atoms with Crippen molar-refractivity contribution in [3.63, 3.8) is 0 Å². The lowest BCUT2D eigenvalue weighted by molar-refractivity contribution is 0.135. The fourth-order valence-electron chi connectivity index (χ4n) is 1.61. The van der Waals surface area contributed by atoms with Gasteiger partial charge in [-0.05, 0) is 19.8 Å². The molecule has 1 aliphatic rings. The molecule has 1 aliphatic carbocycles. The maximum Gasteiger partial charge on any atom is 0.215 e. The van der Waals surface area contributed by atoms with Crippen LogP contribution in [0.5, 0.6) is 0 Å². The third-order valence-corrected chi connectivity index (χ3v) is 4.75. The van der Waals surface area contributed by atoms with Gasteiger partial charge in [0, 0.05) is 32.3 Å². The Labute approximate surface area is 105 Å². The molecule has 0 amide bonds. The minimum atomic E-state index is -3.13. The third-order valence-electron chi connectivity index (χ3n) is 2.81. The topological polar surface area (TPSA) is 58.6 Å². The van der Waals surface area contributed by atoms with Crippen molar-refractivity contribution in [2.45, 2.75) is 32.7 Å². The van der Waals surface area contributed by atoms with Gasteiger partial charge < -0.3 is 10.1 Å². The smallest absolute Gasteiger partial charge is 0.215 e. The highest BCUT2D eigenvalue weighted by atomic mass is 32.2. The number of nitrogens with one attached hydrogen (secondary N) is 1. The molecule has 0 atom stereocenters. The molecular formula is C11H24N2O3S. The Balaban J connectivity index is 2.29. The molecule has 0 heterocycles. The molecule has 6 heteroatoms. The average Bonchev–Trinajstić information content (AvgIpc) is 3.08. The van der Waals surface area contributed by atoms with E-state index in [9.17, 15) is 8.42 Å². The highest BCUT2D eigenvalue weighted by Gasteiger charge is 2.23. The summed E-state index contributed by atoms with van der Waals surface area (Å²) in [7, 11) is -3.13. The first-order valence-electron chi connectivity index (χ1n) is 6.39. The molecule has 1 rings (SSSR count). The van der Waals surface area contributed by atoms with Crippen LogP contribution in [0.3, 0.4) is 0 Å². The van der Waals surface area contributed by atoms with E-state index >= 15 is 0 Å². The van der Waals surface area contributed by atoms with Crippen LogP contribution in [-0.4, -0.2) is 57.4 Å². The van der Waals surface area contributed by atoms with Crippen LogP contribution < -0.4 is 5.32 Å². The number of rotatable bonds is 10. The molecule has 0 saturated heterocycles. The third kappa shape index (κ3) is 5.81. The van der Waals surface area contributed by atoms with Crippen LogP contribution in [0, 0.1) is 0 Å². The van der Waals surface area contributed by atoms with Gasteiger partial charge >= 0.3 is 0 Å². The summed E-state index contributed by atoms with van der Waals surface area (Å²) < 4.78 is 30.7. The second-order valence-corrected chi connectivity index (χ2v) is 6.32. The van der Waals surface area contributed by atoms with Crippen molar-refractivity contribution in [3.8, 4) is 0 Å². The monoisotopic (exact) mass is 264 g/mol. The van der Waals surface area contributed by atoms with Gasteiger partial charge in [-0.3, -0.25) is 0 Å². The number of ether oxygens (including phenoxy) is 1. The molecule has 1 N–H and O–H groups in total. The molecule has 1 saturated carbocycles. The zero-order chi connectivity index (χ0) is 12.7. The second kappa shape index (κ2) is 7.31. The first kappa shape index (κ1) is 14.9. The quantitative estimate of drug-likeness (QED) is 0.581. The van der Waals surface area contributed by atoms with Crippen LogP contribution >= 0.6 is 0 Å².